The SMILES string of the molecule is C=CCSCCNCc1cc(F)ccc1Br. The highest BCUT2D eigenvalue weighted by atomic mass is 79.9. The maximum absolute atomic E-state index is 13.0. The van der Waals surface area contributed by atoms with Gasteiger partial charge in [0.1, 0.15) is 5.82 Å². The maximum Gasteiger partial charge on any atom is 0.123 e. The van der Waals surface area contributed by atoms with E-state index < -0.39 is 0 Å². The number of nitrogens with one attached hydrogen (secondary N) is 1. The molecule has 0 saturated carbocycles. The van der Waals surface area contributed by atoms with Crippen LogP contribution in [0.25, 0.3) is 0 Å². The van der Waals surface area contributed by atoms with Gasteiger partial charge in [-0.25, -0.2) is 4.39 Å². The second kappa shape index (κ2) is 7.87. The van der Waals surface area contributed by atoms with E-state index in [-0.39, 0.29) is 5.82 Å². The predicted octanol–water partition coefficient (Wildman–Crippen LogP) is 3.60. The van der Waals surface area contributed by atoms with Gasteiger partial charge in [0.15, 0.2) is 0 Å². The third-order valence-corrected chi connectivity index (χ3v) is 3.72. The van der Waals surface area contributed by atoms with Gasteiger partial charge >= 0.3 is 0 Å². The second-order valence-corrected chi connectivity index (χ2v) is 5.28. The molecule has 0 heterocycles. The van der Waals surface area contributed by atoms with Crippen LogP contribution >= 0.6 is 27.7 Å². The van der Waals surface area contributed by atoms with Crippen LogP contribution < -0.4 is 5.32 Å². The molecule has 0 aliphatic heterocycles. The van der Waals surface area contributed by atoms with Crippen LogP contribution in [-0.2, 0) is 6.54 Å². The van der Waals surface area contributed by atoms with Gasteiger partial charge in [-0.2, -0.15) is 11.8 Å². The van der Waals surface area contributed by atoms with Crippen LogP contribution in [0.15, 0.2) is 35.3 Å². The van der Waals surface area contributed by atoms with Crippen LogP contribution in [-0.4, -0.2) is 18.1 Å². The lowest BCUT2D eigenvalue weighted by Crippen LogP contribution is -2.17. The van der Waals surface area contributed by atoms with Gasteiger partial charge in [0.25, 0.3) is 0 Å². The van der Waals surface area contributed by atoms with Gasteiger partial charge in [0.05, 0.1) is 0 Å². The second-order valence-electron chi connectivity index (χ2n) is 3.28. The maximum atomic E-state index is 13.0. The van der Waals surface area contributed by atoms with E-state index in [1.54, 1.807) is 12.1 Å². The van der Waals surface area contributed by atoms with Crippen LogP contribution in [0.3, 0.4) is 0 Å². The smallest absolute Gasteiger partial charge is 0.123 e. The Morgan fingerprint density at radius 2 is 2.31 bits per heavy atom. The van der Waals surface area contributed by atoms with E-state index in [0.29, 0.717) is 6.54 Å². The molecule has 1 rings (SSSR count). The zero-order chi connectivity index (χ0) is 11.8. The molecule has 1 aromatic carbocycles. The fraction of sp³-hybridized carbons (Fsp3) is 0.333. The van der Waals surface area contributed by atoms with Gasteiger partial charge in [-0.3, -0.25) is 0 Å². The standard InChI is InChI=1S/C12H15BrFNS/c1-2-6-16-7-5-15-9-10-8-11(14)3-4-12(10)13/h2-4,8,15H,1,5-7,9H2. The summed E-state index contributed by atoms with van der Waals surface area (Å²) in [5, 5.41) is 3.28. The molecule has 1 nitrogen and oxygen atoms in total. The molecule has 0 fully saturated rings. The Morgan fingerprint density at radius 1 is 1.50 bits per heavy atom. The van der Waals surface area contributed by atoms with Crippen molar-refractivity contribution in [1.82, 2.24) is 5.32 Å². The minimum absolute atomic E-state index is 0.193. The summed E-state index contributed by atoms with van der Waals surface area (Å²) in [6.07, 6.45) is 1.90. The van der Waals surface area contributed by atoms with Crippen molar-refractivity contribution in [2.45, 2.75) is 6.54 Å². The van der Waals surface area contributed by atoms with E-state index in [0.717, 1.165) is 28.1 Å². The largest absolute Gasteiger partial charge is 0.312 e. The van der Waals surface area contributed by atoms with E-state index >= 15 is 0 Å². The summed E-state index contributed by atoms with van der Waals surface area (Å²) in [6.45, 7) is 5.26. The summed E-state index contributed by atoms with van der Waals surface area (Å²) < 4.78 is 13.9. The number of hydrogen-bond acceptors (Lipinski definition) is 2. The summed E-state index contributed by atoms with van der Waals surface area (Å²) >= 11 is 5.23. The lowest BCUT2D eigenvalue weighted by atomic mass is 10.2. The van der Waals surface area contributed by atoms with Crippen LogP contribution in [0.2, 0.25) is 0 Å². The van der Waals surface area contributed by atoms with Gasteiger partial charge in [0.2, 0.25) is 0 Å². The van der Waals surface area contributed by atoms with Gasteiger partial charge < -0.3 is 5.32 Å². The van der Waals surface area contributed by atoms with E-state index in [4.69, 9.17) is 0 Å². The first kappa shape index (κ1) is 13.7. The number of rotatable bonds is 7. The van der Waals surface area contributed by atoms with Crippen molar-refractivity contribution in [1.29, 1.82) is 0 Å². The minimum Gasteiger partial charge on any atom is -0.312 e. The zero-order valence-electron chi connectivity index (χ0n) is 9.01. The summed E-state index contributed by atoms with van der Waals surface area (Å²) in [5.74, 6) is 1.82. The average molecular weight is 304 g/mol. The van der Waals surface area contributed by atoms with Gasteiger partial charge in [-0.1, -0.05) is 22.0 Å². The Kier molecular flexibility index (Phi) is 6.76. The highest BCUT2D eigenvalue weighted by Crippen LogP contribution is 2.17. The molecule has 1 N–H and O–H groups in total. The molecule has 0 atom stereocenters. The van der Waals surface area contributed by atoms with Crippen molar-refractivity contribution >= 4 is 27.7 Å². The van der Waals surface area contributed by atoms with E-state index in [1.807, 2.05) is 17.8 Å². The third-order valence-electron chi connectivity index (χ3n) is 1.98. The Hall–Kier alpha value is -0.320. The summed E-state index contributed by atoms with van der Waals surface area (Å²) in [4.78, 5) is 0. The molecular formula is C12H15BrFNS. The quantitative estimate of drug-likeness (QED) is 0.610. The molecule has 0 aromatic heterocycles. The molecule has 0 aliphatic carbocycles. The zero-order valence-corrected chi connectivity index (χ0v) is 11.4. The molecule has 0 bridgehead atoms. The molecule has 0 saturated heterocycles. The van der Waals surface area contributed by atoms with Crippen LogP contribution in [0.4, 0.5) is 4.39 Å². The highest BCUT2D eigenvalue weighted by Gasteiger charge is 2.00. The van der Waals surface area contributed by atoms with Crippen molar-refractivity contribution in [3.8, 4) is 0 Å². The number of thioether (sulfide) groups is 1. The topological polar surface area (TPSA) is 12.0 Å². The predicted molar refractivity (Wildman–Crippen MR) is 73.3 cm³/mol. The molecule has 0 spiro atoms. The first-order valence-electron chi connectivity index (χ1n) is 5.07. The third kappa shape index (κ3) is 5.14. The van der Waals surface area contributed by atoms with Crippen LogP contribution in [0, 0.1) is 5.82 Å². The van der Waals surface area contributed by atoms with Crippen molar-refractivity contribution in [2.75, 3.05) is 18.1 Å². The molecular weight excluding hydrogens is 289 g/mol. The van der Waals surface area contributed by atoms with Crippen molar-refractivity contribution in [2.24, 2.45) is 0 Å². The number of hydrogen-bond donors (Lipinski definition) is 1. The summed E-state index contributed by atoms with van der Waals surface area (Å²) in [5.41, 5.74) is 0.953. The van der Waals surface area contributed by atoms with Crippen molar-refractivity contribution in [3.63, 3.8) is 0 Å². The van der Waals surface area contributed by atoms with E-state index in [9.17, 15) is 4.39 Å². The Labute approximate surface area is 109 Å². The van der Waals surface area contributed by atoms with Crippen LogP contribution in [0.1, 0.15) is 5.56 Å². The normalized spacial score (nSPS) is 10.4. The highest BCUT2D eigenvalue weighted by molar-refractivity contribution is 9.10. The molecule has 0 amide bonds. The fourth-order valence-electron chi connectivity index (χ4n) is 1.21. The molecule has 0 aliphatic rings. The minimum atomic E-state index is -0.193. The van der Waals surface area contributed by atoms with Crippen molar-refractivity contribution < 1.29 is 4.39 Å². The molecule has 88 valence electrons. The molecule has 16 heavy (non-hydrogen) atoms. The Bertz CT molecular complexity index is 344. The average Bonchev–Trinajstić information content (AvgIpc) is 2.28. The molecule has 0 radical (unpaired) electrons. The number of benzene rings is 1. The number of halogens is 2. The molecule has 4 heteroatoms. The molecule has 0 unspecified atom stereocenters. The first-order chi connectivity index (χ1) is 7.74. The Morgan fingerprint density at radius 3 is 3.06 bits per heavy atom. The van der Waals surface area contributed by atoms with Gasteiger partial charge in [-0.05, 0) is 23.8 Å². The van der Waals surface area contributed by atoms with Crippen molar-refractivity contribution in [3.05, 3.63) is 46.7 Å². The van der Waals surface area contributed by atoms with Crippen LogP contribution in [0.5, 0.6) is 0 Å². The lowest BCUT2D eigenvalue weighted by molar-refractivity contribution is 0.621. The van der Waals surface area contributed by atoms with E-state index in [1.165, 1.54) is 6.07 Å². The Balaban J connectivity index is 2.26. The summed E-state index contributed by atoms with van der Waals surface area (Å²) in [7, 11) is 0. The lowest BCUT2D eigenvalue weighted by Gasteiger charge is -2.06. The fourth-order valence-corrected chi connectivity index (χ4v) is 2.22. The summed E-state index contributed by atoms with van der Waals surface area (Å²) in [6, 6.07) is 4.74. The van der Waals surface area contributed by atoms with Gasteiger partial charge in [0, 0.05) is 29.1 Å². The molecule has 1 aromatic rings. The van der Waals surface area contributed by atoms with Gasteiger partial charge in [-0.15, -0.1) is 6.58 Å². The first-order valence-corrected chi connectivity index (χ1v) is 7.02. The monoisotopic (exact) mass is 303 g/mol. The van der Waals surface area contributed by atoms with E-state index in [2.05, 4.69) is 27.8 Å².